The Morgan fingerprint density at radius 2 is 2.19 bits per heavy atom. The summed E-state index contributed by atoms with van der Waals surface area (Å²) < 4.78 is 5.97. The number of hydrogen-bond donors (Lipinski definition) is 1. The summed E-state index contributed by atoms with van der Waals surface area (Å²) in [7, 11) is 3.33. The predicted molar refractivity (Wildman–Crippen MR) is 68.0 cm³/mol. The summed E-state index contributed by atoms with van der Waals surface area (Å²) in [4.78, 5) is 13.2. The number of nitrogens with zero attached hydrogens (tertiary/aromatic N) is 1. The molecule has 0 saturated carbocycles. The number of benzene rings is 1. The van der Waals surface area contributed by atoms with Crippen molar-refractivity contribution in [2.45, 2.75) is 6.92 Å². The summed E-state index contributed by atoms with van der Waals surface area (Å²) in [6, 6.07) is 5.29. The normalized spacial score (nSPS) is 9.75. The van der Waals surface area contributed by atoms with Crippen LogP contribution < -0.4 is 10.1 Å². The third-order valence-corrected chi connectivity index (χ3v) is 2.64. The molecule has 0 saturated heterocycles. The van der Waals surface area contributed by atoms with E-state index in [4.69, 9.17) is 4.74 Å². The van der Waals surface area contributed by atoms with Crippen molar-refractivity contribution in [3.8, 4) is 5.75 Å². The van der Waals surface area contributed by atoms with Gasteiger partial charge in [-0.3, -0.25) is 0 Å². The predicted octanol–water partition coefficient (Wildman–Crippen LogP) is 2.94. The van der Waals surface area contributed by atoms with Crippen LogP contribution in [0.1, 0.15) is 6.92 Å². The van der Waals surface area contributed by atoms with Gasteiger partial charge in [0.25, 0.3) is 0 Å². The maximum atomic E-state index is 11.6. The van der Waals surface area contributed by atoms with Crippen LogP contribution in [0, 0.1) is 0 Å². The Kier molecular flexibility index (Phi) is 4.61. The molecule has 88 valence electrons. The minimum atomic E-state index is -0.136. The van der Waals surface area contributed by atoms with Crippen LogP contribution in [0.5, 0.6) is 5.75 Å². The van der Waals surface area contributed by atoms with Crippen molar-refractivity contribution in [2.24, 2.45) is 0 Å². The van der Waals surface area contributed by atoms with Gasteiger partial charge in [0.1, 0.15) is 5.75 Å². The van der Waals surface area contributed by atoms with Gasteiger partial charge in [0, 0.05) is 29.8 Å². The minimum absolute atomic E-state index is 0.136. The molecule has 0 bridgehead atoms. The molecule has 2 amide bonds. The molecule has 16 heavy (non-hydrogen) atoms. The Hall–Kier alpha value is -1.23. The zero-order valence-corrected chi connectivity index (χ0v) is 11.2. The second-order valence-corrected chi connectivity index (χ2v) is 4.24. The van der Waals surface area contributed by atoms with Crippen LogP contribution in [0.4, 0.5) is 10.5 Å². The lowest BCUT2D eigenvalue weighted by Crippen LogP contribution is -2.30. The smallest absolute Gasteiger partial charge is 0.321 e. The maximum absolute atomic E-state index is 11.6. The summed E-state index contributed by atoms with van der Waals surface area (Å²) in [5.74, 6) is 0.698. The van der Waals surface area contributed by atoms with Gasteiger partial charge >= 0.3 is 6.03 Å². The topological polar surface area (TPSA) is 41.6 Å². The first kappa shape index (κ1) is 12.8. The fourth-order valence-electron chi connectivity index (χ4n) is 1.12. The van der Waals surface area contributed by atoms with Gasteiger partial charge in [-0.15, -0.1) is 0 Å². The number of amides is 2. The summed E-state index contributed by atoms with van der Waals surface area (Å²) in [6.07, 6.45) is 0. The third-order valence-electron chi connectivity index (χ3n) is 2.18. The zero-order valence-electron chi connectivity index (χ0n) is 9.58. The van der Waals surface area contributed by atoms with E-state index in [0.29, 0.717) is 18.0 Å². The van der Waals surface area contributed by atoms with Gasteiger partial charge in [0.15, 0.2) is 0 Å². The molecule has 0 aliphatic carbocycles. The highest BCUT2D eigenvalue weighted by Crippen LogP contribution is 2.24. The molecule has 1 rings (SSSR count). The highest BCUT2D eigenvalue weighted by Gasteiger charge is 2.07. The molecule has 5 heteroatoms. The largest absolute Gasteiger partial charge is 0.497 e. The second-order valence-electron chi connectivity index (χ2n) is 3.32. The Balaban J connectivity index is 2.81. The molecule has 1 aromatic rings. The second kappa shape index (κ2) is 5.75. The highest BCUT2D eigenvalue weighted by molar-refractivity contribution is 9.10. The van der Waals surface area contributed by atoms with Crippen molar-refractivity contribution in [1.29, 1.82) is 0 Å². The fraction of sp³-hybridized carbons (Fsp3) is 0.364. The minimum Gasteiger partial charge on any atom is -0.497 e. The van der Waals surface area contributed by atoms with Crippen molar-refractivity contribution in [3.05, 3.63) is 22.7 Å². The molecule has 0 aliphatic rings. The highest BCUT2D eigenvalue weighted by atomic mass is 79.9. The molecule has 0 aliphatic heterocycles. The number of halogens is 1. The third kappa shape index (κ3) is 3.41. The van der Waals surface area contributed by atoms with Gasteiger partial charge in [-0.25, -0.2) is 4.79 Å². The molecule has 0 fully saturated rings. The maximum Gasteiger partial charge on any atom is 0.321 e. The van der Waals surface area contributed by atoms with Crippen LogP contribution in [-0.2, 0) is 0 Å². The van der Waals surface area contributed by atoms with E-state index >= 15 is 0 Å². The Morgan fingerprint density at radius 1 is 1.50 bits per heavy atom. The van der Waals surface area contributed by atoms with E-state index in [2.05, 4.69) is 21.2 Å². The molecule has 0 unspecified atom stereocenters. The number of urea groups is 1. The fourth-order valence-corrected chi connectivity index (χ4v) is 1.59. The van der Waals surface area contributed by atoms with E-state index in [1.807, 2.05) is 19.1 Å². The van der Waals surface area contributed by atoms with Crippen LogP contribution in [0.3, 0.4) is 0 Å². The number of methoxy groups -OCH3 is 1. The number of rotatable bonds is 3. The summed E-state index contributed by atoms with van der Waals surface area (Å²) >= 11 is 3.35. The lowest BCUT2D eigenvalue weighted by atomic mass is 10.3. The van der Waals surface area contributed by atoms with Crippen molar-refractivity contribution < 1.29 is 9.53 Å². The monoisotopic (exact) mass is 286 g/mol. The summed E-state index contributed by atoms with van der Waals surface area (Å²) in [5, 5.41) is 2.79. The number of ether oxygens (including phenoxy) is 1. The van der Waals surface area contributed by atoms with E-state index < -0.39 is 0 Å². The van der Waals surface area contributed by atoms with Crippen molar-refractivity contribution in [2.75, 3.05) is 26.0 Å². The Morgan fingerprint density at radius 3 is 2.75 bits per heavy atom. The molecule has 4 nitrogen and oxygen atoms in total. The summed E-state index contributed by atoms with van der Waals surface area (Å²) in [5.41, 5.74) is 0.705. The molecular weight excluding hydrogens is 272 g/mol. The first-order valence-corrected chi connectivity index (χ1v) is 5.72. The van der Waals surface area contributed by atoms with E-state index in [1.165, 1.54) is 0 Å². The van der Waals surface area contributed by atoms with Crippen molar-refractivity contribution in [1.82, 2.24) is 4.90 Å². The number of anilines is 1. The lowest BCUT2D eigenvalue weighted by Gasteiger charge is -2.16. The van der Waals surface area contributed by atoms with Crippen LogP contribution in [0.25, 0.3) is 0 Å². The van der Waals surface area contributed by atoms with E-state index in [9.17, 15) is 4.79 Å². The number of carbonyl (C=O) groups is 1. The van der Waals surface area contributed by atoms with Crippen LogP contribution >= 0.6 is 15.9 Å². The number of carbonyl (C=O) groups excluding carboxylic acids is 1. The standard InChI is InChI=1S/C11H15BrN2O2/c1-4-14(2)11(15)13-9-5-8(12)6-10(7-9)16-3/h5-7H,4H2,1-3H3,(H,13,15). The van der Waals surface area contributed by atoms with Crippen LogP contribution in [0.2, 0.25) is 0 Å². The molecule has 0 spiro atoms. The zero-order chi connectivity index (χ0) is 12.1. The SMILES string of the molecule is CCN(C)C(=O)Nc1cc(Br)cc(OC)c1. The molecular formula is C11H15BrN2O2. The van der Waals surface area contributed by atoms with Crippen molar-refractivity contribution in [3.63, 3.8) is 0 Å². The van der Waals surface area contributed by atoms with Crippen molar-refractivity contribution >= 4 is 27.6 Å². The quantitative estimate of drug-likeness (QED) is 0.928. The first-order chi connectivity index (χ1) is 7.56. The molecule has 1 aromatic carbocycles. The number of hydrogen-bond acceptors (Lipinski definition) is 2. The van der Waals surface area contributed by atoms with Crippen LogP contribution in [-0.4, -0.2) is 31.6 Å². The molecule has 0 aromatic heterocycles. The molecule has 0 radical (unpaired) electrons. The molecule has 0 heterocycles. The van der Waals surface area contributed by atoms with Crippen LogP contribution in [0.15, 0.2) is 22.7 Å². The van der Waals surface area contributed by atoms with Gasteiger partial charge in [0.2, 0.25) is 0 Å². The Labute approximate surface area is 104 Å². The van der Waals surface area contributed by atoms with E-state index in [0.717, 1.165) is 4.47 Å². The molecule has 1 N–H and O–H groups in total. The lowest BCUT2D eigenvalue weighted by molar-refractivity contribution is 0.224. The van der Waals surface area contributed by atoms with Gasteiger partial charge in [0.05, 0.1) is 7.11 Å². The first-order valence-electron chi connectivity index (χ1n) is 4.93. The van der Waals surface area contributed by atoms with E-state index in [-0.39, 0.29) is 6.03 Å². The van der Waals surface area contributed by atoms with Gasteiger partial charge < -0.3 is 15.0 Å². The van der Waals surface area contributed by atoms with E-state index in [1.54, 1.807) is 25.1 Å². The summed E-state index contributed by atoms with van der Waals surface area (Å²) in [6.45, 7) is 2.58. The van der Waals surface area contributed by atoms with Gasteiger partial charge in [-0.1, -0.05) is 15.9 Å². The molecule has 0 atom stereocenters. The van der Waals surface area contributed by atoms with Gasteiger partial charge in [-0.05, 0) is 19.1 Å². The Bertz CT molecular complexity index is 382. The average molecular weight is 287 g/mol. The number of nitrogens with one attached hydrogen (secondary N) is 1. The average Bonchev–Trinajstić information content (AvgIpc) is 2.26. The van der Waals surface area contributed by atoms with Gasteiger partial charge in [-0.2, -0.15) is 0 Å².